The van der Waals surface area contributed by atoms with Crippen LogP contribution in [0.25, 0.3) is 0 Å². The molecule has 2 heterocycles. The third-order valence-corrected chi connectivity index (χ3v) is 5.58. The van der Waals surface area contributed by atoms with Crippen LogP contribution in [0.3, 0.4) is 0 Å². The molecule has 138 valence electrons. The monoisotopic (exact) mass is 351 g/mol. The molecule has 1 aliphatic carbocycles. The van der Waals surface area contributed by atoms with Crippen molar-refractivity contribution in [3.05, 3.63) is 42.2 Å². The fourth-order valence-corrected chi connectivity index (χ4v) is 4.07. The van der Waals surface area contributed by atoms with Crippen LogP contribution in [0.15, 0.2) is 36.7 Å². The van der Waals surface area contributed by atoms with Crippen LogP contribution in [-0.4, -0.2) is 42.2 Å². The van der Waals surface area contributed by atoms with Crippen LogP contribution in [0, 0.1) is 6.92 Å². The molecule has 2 aliphatic rings. The van der Waals surface area contributed by atoms with E-state index in [9.17, 15) is 0 Å². The second-order valence-corrected chi connectivity index (χ2v) is 7.55. The van der Waals surface area contributed by atoms with Gasteiger partial charge in [-0.2, -0.15) is 0 Å². The van der Waals surface area contributed by atoms with Crippen molar-refractivity contribution in [2.45, 2.75) is 45.1 Å². The number of aromatic nitrogens is 2. The quantitative estimate of drug-likeness (QED) is 0.906. The summed E-state index contributed by atoms with van der Waals surface area (Å²) in [5.74, 6) is 2.02. The van der Waals surface area contributed by atoms with Gasteiger partial charge in [-0.1, -0.05) is 31.4 Å². The molecule has 0 spiro atoms. The molecule has 5 nitrogen and oxygen atoms in total. The second-order valence-electron chi connectivity index (χ2n) is 7.55. The molecule has 0 radical (unpaired) electrons. The number of anilines is 3. The van der Waals surface area contributed by atoms with E-state index in [0.717, 1.165) is 37.8 Å². The number of rotatable bonds is 4. The van der Waals surface area contributed by atoms with Gasteiger partial charge in [0, 0.05) is 44.0 Å². The van der Waals surface area contributed by atoms with Gasteiger partial charge >= 0.3 is 0 Å². The van der Waals surface area contributed by atoms with E-state index in [1.165, 1.54) is 43.4 Å². The van der Waals surface area contributed by atoms with Crippen LogP contribution < -0.4 is 15.1 Å². The van der Waals surface area contributed by atoms with Crippen molar-refractivity contribution >= 4 is 17.3 Å². The molecular weight excluding hydrogens is 322 g/mol. The van der Waals surface area contributed by atoms with E-state index in [0.29, 0.717) is 6.04 Å². The van der Waals surface area contributed by atoms with Gasteiger partial charge in [0.15, 0.2) is 0 Å². The topological polar surface area (TPSA) is 44.3 Å². The van der Waals surface area contributed by atoms with Crippen LogP contribution in [0.5, 0.6) is 0 Å². The smallest absolute Gasteiger partial charge is 0.134 e. The van der Waals surface area contributed by atoms with E-state index in [2.05, 4.69) is 62.3 Å². The zero-order chi connectivity index (χ0) is 17.8. The summed E-state index contributed by atoms with van der Waals surface area (Å²) in [6, 6.07) is 11.5. The lowest BCUT2D eigenvalue weighted by atomic mass is 9.95. The summed E-state index contributed by atoms with van der Waals surface area (Å²) in [6.45, 7) is 6.20. The highest BCUT2D eigenvalue weighted by Gasteiger charge is 2.19. The van der Waals surface area contributed by atoms with Crippen molar-refractivity contribution in [2.24, 2.45) is 0 Å². The lowest BCUT2D eigenvalue weighted by Crippen LogP contribution is -2.46. The molecule has 1 aromatic heterocycles. The van der Waals surface area contributed by atoms with Crippen molar-refractivity contribution in [3.63, 3.8) is 0 Å². The van der Waals surface area contributed by atoms with E-state index in [4.69, 9.17) is 0 Å². The summed E-state index contributed by atoms with van der Waals surface area (Å²) in [4.78, 5) is 13.8. The minimum atomic E-state index is 0.574. The number of nitrogens with one attached hydrogen (secondary N) is 1. The molecule has 1 aromatic carbocycles. The predicted molar refractivity (Wildman–Crippen MR) is 108 cm³/mol. The number of piperazine rings is 1. The lowest BCUT2D eigenvalue weighted by molar-refractivity contribution is 0.462. The lowest BCUT2D eigenvalue weighted by Gasteiger charge is -2.37. The number of nitrogens with zero attached hydrogens (tertiary/aromatic N) is 4. The maximum atomic E-state index is 4.52. The molecule has 2 aromatic rings. The van der Waals surface area contributed by atoms with Crippen molar-refractivity contribution < 1.29 is 0 Å². The predicted octanol–water partition coefficient (Wildman–Crippen LogP) is 3.86. The zero-order valence-corrected chi connectivity index (χ0v) is 15.7. The van der Waals surface area contributed by atoms with Gasteiger partial charge in [0.2, 0.25) is 0 Å². The van der Waals surface area contributed by atoms with Gasteiger partial charge < -0.3 is 15.1 Å². The van der Waals surface area contributed by atoms with E-state index >= 15 is 0 Å². The maximum Gasteiger partial charge on any atom is 0.134 e. The molecule has 0 unspecified atom stereocenters. The minimum absolute atomic E-state index is 0.574. The Hall–Kier alpha value is -2.30. The van der Waals surface area contributed by atoms with Gasteiger partial charge in [0.1, 0.15) is 18.0 Å². The standard InChI is InChI=1S/C21H29N5/c1-17-6-5-9-19(14-17)25-10-12-26(13-11-25)21-15-20(22-16-23-21)24-18-7-3-2-4-8-18/h5-6,9,14-16,18H,2-4,7-8,10-13H2,1H3,(H,22,23,24). The highest BCUT2D eigenvalue weighted by molar-refractivity contribution is 5.53. The van der Waals surface area contributed by atoms with Gasteiger partial charge in [0.25, 0.3) is 0 Å². The first-order valence-corrected chi connectivity index (χ1v) is 9.93. The summed E-state index contributed by atoms with van der Waals surface area (Å²) >= 11 is 0. The average Bonchev–Trinajstić information content (AvgIpc) is 2.69. The number of hydrogen-bond acceptors (Lipinski definition) is 5. The Labute approximate surface area is 156 Å². The first-order chi connectivity index (χ1) is 12.8. The van der Waals surface area contributed by atoms with Crippen molar-refractivity contribution in [1.29, 1.82) is 0 Å². The molecule has 0 atom stereocenters. The summed E-state index contributed by atoms with van der Waals surface area (Å²) in [5, 5.41) is 3.61. The normalized spacial score (nSPS) is 18.8. The zero-order valence-electron chi connectivity index (χ0n) is 15.7. The van der Waals surface area contributed by atoms with Crippen molar-refractivity contribution in [1.82, 2.24) is 9.97 Å². The fourth-order valence-electron chi connectivity index (χ4n) is 4.07. The molecule has 0 bridgehead atoms. The van der Waals surface area contributed by atoms with Crippen LogP contribution in [0.1, 0.15) is 37.7 Å². The van der Waals surface area contributed by atoms with Crippen LogP contribution in [0.4, 0.5) is 17.3 Å². The molecule has 0 amide bonds. The Morgan fingerprint density at radius 3 is 2.46 bits per heavy atom. The maximum absolute atomic E-state index is 4.52. The van der Waals surface area contributed by atoms with E-state index in [1.54, 1.807) is 6.33 Å². The van der Waals surface area contributed by atoms with Crippen LogP contribution >= 0.6 is 0 Å². The van der Waals surface area contributed by atoms with Gasteiger partial charge in [-0.15, -0.1) is 0 Å². The van der Waals surface area contributed by atoms with Crippen molar-refractivity contribution in [3.8, 4) is 0 Å². The number of aryl methyl sites for hydroxylation is 1. The molecule has 2 fully saturated rings. The summed E-state index contributed by atoms with van der Waals surface area (Å²) in [7, 11) is 0. The largest absolute Gasteiger partial charge is 0.368 e. The molecule has 1 saturated carbocycles. The van der Waals surface area contributed by atoms with E-state index in [-0.39, 0.29) is 0 Å². The Kier molecular flexibility index (Phi) is 5.23. The summed E-state index contributed by atoms with van der Waals surface area (Å²) in [6.07, 6.45) is 8.25. The Bertz CT molecular complexity index is 718. The second kappa shape index (κ2) is 7.94. The van der Waals surface area contributed by atoms with Gasteiger partial charge in [0.05, 0.1) is 0 Å². The Morgan fingerprint density at radius 2 is 1.69 bits per heavy atom. The summed E-state index contributed by atoms with van der Waals surface area (Å²) in [5.41, 5.74) is 2.64. The fraction of sp³-hybridized carbons (Fsp3) is 0.524. The van der Waals surface area contributed by atoms with Crippen LogP contribution in [0.2, 0.25) is 0 Å². The minimum Gasteiger partial charge on any atom is -0.368 e. The molecule has 5 heteroatoms. The molecule has 26 heavy (non-hydrogen) atoms. The van der Waals surface area contributed by atoms with Gasteiger partial charge in [-0.25, -0.2) is 9.97 Å². The van der Waals surface area contributed by atoms with Crippen molar-refractivity contribution in [2.75, 3.05) is 41.3 Å². The van der Waals surface area contributed by atoms with E-state index < -0.39 is 0 Å². The van der Waals surface area contributed by atoms with E-state index in [1.807, 2.05) is 0 Å². The first kappa shape index (κ1) is 17.1. The Morgan fingerprint density at radius 1 is 0.923 bits per heavy atom. The summed E-state index contributed by atoms with van der Waals surface area (Å²) < 4.78 is 0. The average molecular weight is 351 g/mol. The molecule has 1 saturated heterocycles. The highest BCUT2D eigenvalue weighted by Crippen LogP contribution is 2.24. The first-order valence-electron chi connectivity index (χ1n) is 9.93. The third-order valence-electron chi connectivity index (χ3n) is 5.58. The number of benzene rings is 1. The Balaban J connectivity index is 1.37. The molecular formula is C21H29N5. The number of hydrogen-bond donors (Lipinski definition) is 1. The van der Waals surface area contributed by atoms with Gasteiger partial charge in [-0.05, 0) is 37.5 Å². The molecule has 4 rings (SSSR count). The van der Waals surface area contributed by atoms with Gasteiger partial charge in [-0.3, -0.25) is 0 Å². The third kappa shape index (κ3) is 4.09. The molecule has 1 aliphatic heterocycles. The highest BCUT2D eigenvalue weighted by atomic mass is 15.3. The SMILES string of the molecule is Cc1cccc(N2CCN(c3cc(NC4CCCCC4)ncn3)CC2)c1. The van der Waals surface area contributed by atoms with Crippen LogP contribution in [-0.2, 0) is 0 Å². The molecule has 1 N–H and O–H groups in total.